The van der Waals surface area contributed by atoms with Crippen LogP contribution in [-0.2, 0) is 5.75 Å². The number of nitriles is 1. The highest BCUT2D eigenvalue weighted by Crippen LogP contribution is 2.25. The van der Waals surface area contributed by atoms with Crippen LogP contribution in [0.15, 0.2) is 21.9 Å². The number of furan rings is 1. The number of hydrogen-bond donors (Lipinski definition) is 0. The first-order valence-corrected chi connectivity index (χ1v) is 7.54. The molecule has 0 saturated heterocycles. The summed E-state index contributed by atoms with van der Waals surface area (Å²) in [5.74, 6) is -1.41. The van der Waals surface area contributed by atoms with Gasteiger partial charge in [-0.05, 0) is 19.1 Å². The molecular formula is C13H10F2N2OS2. The van der Waals surface area contributed by atoms with E-state index in [0.717, 1.165) is 5.69 Å². The van der Waals surface area contributed by atoms with Crippen molar-refractivity contribution in [2.75, 3.05) is 0 Å². The van der Waals surface area contributed by atoms with Crippen LogP contribution in [-0.4, -0.2) is 10.7 Å². The van der Waals surface area contributed by atoms with E-state index in [1.165, 1.54) is 11.3 Å². The number of thioether (sulfide) groups is 1. The quantitative estimate of drug-likeness (QED) is 0.759. The van der Waals surface area contributed by atoms with Crippen LogP contribution in [0.5, 0.6) is 0 Å². The molecule has 0 bridgehead atoms. The summed E-state index contributed by atoms with van der Waals surface area (Å²) in [6.45, 7) is 1.85. The van der Waals surface area contributed by atoms with Gasteiger partial charge in [-0.1, -0.05) is 11.8 Å². The summed E-state index contributed by atoms with van der Waals surface area (Å²) in [6.07, 6.45) is 1.56. The van der Waals surface area contributed by atoms with Gasteiger partial charge < -0.3 is 4.42 Å². The highest BCUT2D eigenvalue weighted by molar-refractivity contribution is 7.98. The Labute approximate surface area is 122 Å². The third-order valence-corrected chi connectivity index (χ3v) is 3.99. The summed E-state index contributed by atoms with van der Waals surface area (Å²) >= 11 is 1.87. The summed E-state index contributed by atoms with van der Waals surface area (Å²) in [5.41, 5.74) is 1.24. The molecule has 7 heteroatoms. The second-order valence-corrected chi connectivity index (χ2v) is 5.68. The molecule has 0 aliphatic carbocycles. The highest BCUT2D eigenvalue weighted by Gasteiger charge is 2.09. The zero-order valence-corrected chi connectivity index (χ0v) is 12.1. The van der Waals surface area contributed by atoms with Gasteiger partial charge in [-0.25, -0.2) is 4.98 Å². The van der Waals surface area contributed by atoms with Crippen LogP contribution in [0.25, 0.3) is 11.6 Å². The van der Waals surface area contributed by atoms with Crippen molar-refractivity contribution in [3.8, 4) is 6.07 Å². The summed E-state index contributed by atoms with van der Waals surface area (Å²) < 4.78 is 29.5. The van der Waals surface area contributed by atoms with Crippen LogP contribution in [0.3, 0.4) is 0 Å². The number of aromatic nitrogens is 1. The number of allylic oxidation sites excluding steroid dienone is 1. The molecule has 0 radical (unpaired) electrons. The van der Waals surface area contributed by atoms with Gasteiger partial charge in [0.2, 0.25) is 0 Å². The van der Waals surface area contributed by atoms with E-state index in [1.54, 1.807) is 18.2 Å². The molecule has 3 nitrogen and oxygen atoms in total. The Morgan fingerprint density at radius 2 is 2.40 bits per heavy atom. The molecule has 0 spiro atoms. The van der Waals surface area contributed by atoms with E-state index in [1.807, 2.05) is 12.3 Å². The SMILES string of the molecule is Cc1csc(/C(C#N)=C/c2ccc(CSC(F)F)o2)n1. The molecule has 0 amide bonds. The molecule has 0 unspecified atom stereocenters. The van der Waals surface area contributed by atoms with E-state index < -0.39 is 5.76 Å². The first kappa shape index (κ1) is 14.8. The Kier molecular flexibility index (Phi) is 4.93. The number of rotatable bonds is 5. The van der Waals surface area contributed by atoms with Gasteiger partial charge in [0, 0.05) is 17.2 Å². The Hall–Kier alpha value is -1.65. The van der Waals surface area contributed by atoms with Crippen molar-refractivity contribution in [1.29, 1.82) is 5.26 Å². The lowest BCUT2D eigenvalue weighted by atomic mass is 10.2. The van der Waals surface area contributed by atoms with Crippen molar-refractivity contribution in [2.24, 2.45) is 0 Å². The second kappa shape index (κ2) is 6.68. The van der Waals surface area contributed by atoms with Gasteiger partial charge >= 0.3 is 0 Å². The summed E-state index contributed by atoms with van der Waals surface area (Å²) in [6, 6.07) is 5.34. The molecule has 0 aromatic carbocycles. The normalized spacial score (nSPS) is 11.8. The number of nitrogens with zero attached hydrogens (tertiary/aromatic N) is 2. The number of aryl methyl sites for hydroxylation is 1. The number of thiazole rings is 1. The van der Waals surface area contributed by atoms with Gasteiger partial charge in [0.05, 0.1) is 11.3 Å². The zero-order chi connectivity index (χ0) is 14.5. The van der Waals surface area contributed by atoms with Crippen LogP contribution in [0.1, 0.15) is 22.2 Å². The standard InChI is InChI=1S/C13H10F2N2OS2/c1-8-6-19-12(17-8)9(5-16)4-10-2-3-11(18-10)7-20-13(14)15/h2-4,6,13H,7H2,1H3/b9-4+. The van der Waals surface area contributed by atoms with E-state index in [4.69, 9.17) is 9.68 Å². The summed E-state index contributed by atoms with van der Waals surface area (Å²) in [7, 11) is 0. The molecule has 0 saturated carbocycles. The van der Waals surface area contributed by atoms with Crippen LogP contribution >= 0.6 is 23.1 Å². The van der Waals surface area contributed by atoms with E-state index in [2.05, 4.69) is 11.1 Å². The average Bonchev–Trinajstić information content (AvgIpc) is 3.02. The maximum absolute atomic E-state index is 12.1. The number of hydrogen-bond acceptors (Lipinski definition) is 5. The maximum Gasteiger partial charge on any atom is 0.284 e. The Bertz CT molecular complexity index is 655. The van der Waals surface area contributed by atoms with Crippen molar-refractivity contribution in [3.63, 3.8) is 0 Å². The molecule has 0 atom stereocenters. The Morgan fingerprint density at radius 3 is 3.00 bits per heavy atom. The van der Waals surface area contributed by atoms with Gasteiger partial charge in [0.15, 0.2) is 0 Å². The molecule has 2 rings (SSSR count). The predicted molar refractivity (Wildman–Crippen MR) is 76.3 cm³/mol. The largest absolute Gasteiger partial charge is 0.461 e. The average molecular weight is 312 g/mol. The van der Waals surface area contributed by atoms with Crippen LogP contribution in [0.2, 0.25) is 0 Å². The van der Waals surface area contributed by atoms with Gasteiger partial charge in [-0.2, -0.15) is 14.0 Å². The van der Waals surface area contributed by atoms with Gasteiger partial charge in [0.1, 0.15) is 22.6 Å². The van der Waals surface area contributed by atoms with Gasteiger partial charge in [-0.3, -0.25) is 0 Å². The summed E-state index contributed by atoms with van der Waals surface area (Å²) in [4.78, 5) is 4.23. The lowest BCUT2D eigenvalue weighted by Crippen LogP contribution is -1.83. The second-order valence-electron chi connectivity index (χ2n) is 3.84. The van der Waals surface area contributed by atoms with E-state index in [0.29, 0.717) is 33.9 Å². The number of alkyl halides is 2. The van der Waals surface area contributed by atoms with Crippen molar-refractivity contribution in [1.82, 2.24) is 4.98 Å². The van der Waals surface area contributed by atoms with Crippen molar-refractivity contribution in [3.05, 3.63) is 39.7 Å². The minimum Gasteiger partial charge on any atom is -0.461 e. The highest BCUT2D eigenvalue weighted by atomic mass is 32.2. The number of halogens is 2. The minimum absolute atomic E-state index is 0.101. The third-order valence-electron chi connectivity index (χ3n) is 2.29. The molecule has 0 aliphatic rings. The predicted octanol–water partition coefficient (Wildman–Crippen LogP) is 4.56. The van der Waals surface area contributed by atoms with Gasteiger partial charge in [-0.15, -0.1) is 11.3 Å². The summed E-state index contributed by atoms with van der Waals surface area (Å²) in [5, 5.41) is 11.6. The molecule has 0 N–H and O–H groups in total. The van der Waals surface area contributed by atoms with Crippen LogP contribution < -0.4 is 0 Å². The zero-order valence-electron chi connectivity index (χ0n) is 10.5. The van der Waals surface area contributed by atoms with E-state index in [-0.39, 0.29) is 5.75 Å². The monoisotopic (exact) mass is 312 g/mol. The van der Waals surface area contributed by atoms with Crippen LogP contribution in [0, 0.1) is 18.3 Å². The molecule has 2 heterocycles. The van der Waals surface area contributed by atoms with E-state index in [9.17, 15) is 8.78 Å². The Morgan fingerprint density at radius 1 is 1.60 bits per heavy atom. The first-order valence-electron chi connectivity index (χ1n) is 5.61. The molecule has 0 fully saturated rings. The lowest BCUT2D eigenvalue weighted by molar-refractivity contribution is 0.251. The van der Waals surface area contributed by atoms with Crippen molar-refractivity contribution < 1.29 is 13.2 Å². The Balaban J connectivity index is 2.15. The molecule has 2 aromatic heterocycles. The smallest absolute Gasteiger partial charge is 0.284 e. The van der Waals surface area contributed by atoms with E-state index >= 15 is 0 Å². The fourth-order valence-corrected chi connectivity index (χ4v) is 2.67. The molecule has 2 aromatic rings. The maximum atomic E-state index is 12.1. The minimum atomic E-state index is -2.42. The van der Waals surface area contributed by atoms with Crippen molar-refractivity contribution >= 4 is 34.7 Å². The molecule has 0 aliphatic heterocycles. The van der Waals surface area contributed by atoms with Crippen LogP contribution in [0.4, 0.5) is 8.78 Å². The third kappa shape index (κ3) is 3.92. The first-order chi connectivity index (χ1) is 9.58. The fraction of sp³-hybridized carbons (Fsp3) is 0.231. The molecule has 20 heavy (non-hydrogen) atoms. The topological polar surface area (TPSA) is 49.8 Å². The van der Waals surface area contributed by atoms with Gasteiger partial charge in [0.25, 0.3) is 5.76 Å². The lowest BCUT2D eigenvalue weighted by Gasteiger charge is -1.95. The molecule has 104 valence electrons. The van der Waals surface area contributed by atoms with Crippen molar-refractivity contribution in [2.45, 2.75) is 18.4 Å². The fourth-order valence-electron chi connectivity index (χ4n) is 1.46. The molecular weight excluding hydrogens is 302 g/mol.